The predicted octanol–water partition coefficient (Wildman–Crippen LogP) is 6.63. The maximum atomic E-state index is 13.7. The molecule has 1 amide bonds. The summed E-state index contributed by atoms with van der Waals surface area (Å²) in [6, 6.07) is 5.35. The SMILES string of the molecule is O=C(Nc1c(F)c(F)cc(F)c1F)c1ccc(COc2c(Cl)cc(Cl)cc2Cl)o1. The molecule has 0 atom stereocenters. The molecular weight excluding hydrogens is 461 g/mol. The molecule has 0 aliphatic carbocycles. The van der Waals surface area contributed by atoms with Crippen molar-refractivity contribution in [2.75, 3.05) is 5.32 Å². The number of nitrogens with one attached hydrogen (secondary N) is 1. The molecular formula is C18H8Cl3F4NO3. The van der Waals surface area contributed by atoms with Crippen molar-refractivity contribution in [1.82, 2.24) is 0 Å². The zero-order chi connectivity index (χ0) is 21.3. The van der Waals surface area contributed by atoms with Gasteiger partial charge in [-0.2, -0.15) is 0 Å². The minimum absolute atomic E-state index is 0.0235. The van der Waals surface area contributed by atoms with Crippen molar-refractivity contribution in [3.63, 3.8) is 0 Å². The zero-order valence-electron chi connectivity index (χ0n) is 14.0. The van der Waals surface area contributed by atoms with Gasteiger partial charge in [-0.25, -0.2) is 17.6 Å². The van der Waals surface area contributed by atoms with Crippen molar-refractivity contribution in [1.29, 1.82) is 0 Å². The van der Waals surface area contributed by atoms with Crippen LogP contribution < -0.4 is 10.1 Å². The molecule has 152 valence electrons. The number of rotatable bonds is 5. The van der Waals surface area contributed by atoms with Crippen LogP contribution in [0.5, 0.6) is 5.75 Å². The van der Waals surface area contributed by atoms with E-state index in [0.717, 1.165) is 0 Å². The molecule has 29 heavy (non-hydrogen) atoms. The Kier molecular flexibility index (Phi) is 6.26. The average molecular weight is 469 g/mol. The number of hydrogen-bond acceptors (Lipinski definition) is 3. The van der Waals surface area contributed by atoms with Crippen molar-refractivity contribution >= 4 is 46.4 Å². The fraction of sp³-hybridized carbons (Fsp3) is 0.0556. The molecule has 0 saturated heterocycles. The quantitative estimate of drug-likeness (QED) is 0.338. The number of amides is 1. The summed E-state index contributed by atoms with van der Waals surface area (Å²) in [6.07, 6.45) is 0. The first-order chi connectivity index (χ1) is 13.7. The van der Waals surface area contributed by atoms with E-state index < -0.39 is 34.9 Å². The van der Waals surface area contributed by atoms with Gasteiger partial charge in [0.15, 0.2) is 34.8 Å². The summed E-state index contributed by atoms with van der Waals surface area (Å²) in [4.78, 5) is 12.1. The maximum Gasteiger partial charge on any atom is 0.291 e. The van der Waals surface area contributed by atoms with Crippen LogP contribution in [0, 0.1) is 23.3 Å². The topological polar surface area (TPSA) is 51.5 Å². The Morgan fingerprint density at radius 3 is 2.14 bits per heavy atom. The first-order valence-electron chi connectivity index (χ1n) is 7.67. The Bertz CT molecular complexity index is 1050. The number of benzene rings is 2. The molecule has 0 radical (unpaired) electrons. The highest BCUT2D eigenvalue weighted by atomic mass is 35.5. The number of carbonyl (C=O) groups excluding carboxylic acids is 1. The van der Waals surface area contributed by atoms with E-state index in [2.05, 4.69) is 0 Å². The number of anilines is 1. The van der Waals surface area contributed by atoms with Gasteiger partial charge in [0.25, 0.3) is 5.91 Å². The van der Waals surface area contributed by atoms with Gasteiger partial charge in [-0.05, 0) is 24.3 Å². The van der Waals surface area contributed by atoms with Gasteiger partial charge in [-0.15, -0.1) is 0 Å². The summed E-state index contributed by atoms with van der Waals surface area (Å²) in [5.74, 6) is -8.10. The van der Waals surface area contributed by atoms with Crippen LogP contribution in [0.4, 0.5) is 23.2 Å². The number of hydrogen-bond donors (Lipinski definition) is 1. The number of furan rings is 1. The first-order valence-corrected chi connectivity index (χ1v) is 8.81. The lowest BCUT2D eigenvalue weighted by Crippen LogP contribution is -2.15. The molecule has 0 bridgehead atoms. The summed E-state index contributed by atoms with van der Waals surface area (Å²) >= 11 is 17.8. The molecule has 0 spiro atoms. The molecule has 0 fully saturated rings. The van der Waals surface area contributed by atoms with Gasteiger partial charge in [0.2, 0.25) is 0 Å². The standard InChI is InChI=1S/C18H8Cl3F4NO3/c19-7-3-9(20)17(10(21)4-7)28-6-8-1-2-13(29-8)18(27)26-16-14(24)11(22)5-12(23)15(16)25/h1-5H,6H2,(H,26,27). The lowest BCUT2D eigenvalue weighted by molar-refractivity contribution is 0.0991. The van der Waals surface area contributed by atoms with E-state index in [1.165, 1.54) is 24.3 Å². The number of carbonyl (C=O) groups is 1. The van der Waals surface area contributed by atoms with Gasteiger partial charge in [0, 0.05) is 11.1 Å². The largest absolute Gasteiger partial charge is 0.483 e. The molecule has 2 aromatic carbocycles. The molecule has 0 aliphatic heterocycles. The molecule has 0 aliphatic rings. The lowest BCUT2D eigenvalue weighted by atomic mass is 10.2. The second kappa shape index (κ2) is 8.52. The van der Waals surface area contributed by atoms with Crippen LogP contribution in [0.3, 0.4) is 0 Å². The molecule has 3 rings (SSSR count). The average Bonchev–Trinajstić information content (AvgIpc) is 3.11. The minimum Gasteiger partial charge on any atom is -0.483 e. The fourth-order valence-electron chi connectivity index (χ4n) is 2.25. The normalized spacial score (nSPS) is 10.9. The summed E-state index contributed by atoms with van der Waals surface area (Å²) in [6.45, 7) is -0.203. The Balaban J connectivity index is 1.73. The number of halogens is 7. The van der Waals surface area contributed by atoms with Crippen LogP contribution in [0.15, 0.2) is 34.7 Å². The summed E-state index contributed by atoms with van der Waals surface area (Å²) in [5.41, 5.74) is -1.28. The molecule has 0 unspecified atom stereocenters. The van der Waals surface area contributed by atoms with E-state index in [1.807, 2.05) is 0 Å². The van der Waals surface area contributed by atoms with Crippen LogP contribution in [-0.4, -0.2) is 5.91 Å². The Hall–Kier alpha value is -2.42. The second-order valence-electron chi connectivity index (χ2n) is 5.55. The van der Waals surface area contributed by atoms with Gasteiger partial charge in [0.1, 0.15) is 18.1 Å². The van der Waals surface area contributed by atoms with Gasteiger partial charge in [-0.3, -0.25) is 4.79 Å². The second-order valence-corrected chi connectivity index (χ2v) is 6.80. The van der Waals surface area contributed by atoms with E-state index in [-0.39, 0.29) is 40.0 Å². The molecule has 11 heteroatoms. The van der Waals surface area contributed by atoms with Crippen molar-refractivity contribution < 1.29 is 31.5 Å². The smallest absolute Gasteiger partial charge is 0.291 e. The summed E-state index contributed by atoms with van der Waals surface area (Å²) in [5, 5.41) is 2.32. The van der Waals surface area contributed by atoms with E-state index in [0.29, 0.717) is 5.02 Å². The predicted molar refractivity (Wildman–Crippen MR) is 98.7 cm³/mol. The van der Waals surface area contributed by atoms with Crippen LogP contribution in [0.2, 0.25) is 15.1 Å². The molecule has 1 N–H and O–H groups in total. The lowest BCUT2D eigenvalue weighted by Gasteiger charge is -2.09. The zero-order valence-corrected chi connectivity index (χ0v) is 16.2. The third-order valence-corrected chi connectivity index (χ3v) is 4.34. The van der Waals surface area contributed by atoms with Crippen molar-refractivity contribution in [2.45, 2.75) is 6.61 Å². The van der Waals surface area contributed by atoms with Gasteiger partial charge < -0.3 is 14.5 Å². The van der Waals surface area contributed by atoms with E-state index in [9.17, 15) is 22.4 Å². The van der Waals surface area contributed by atoms with Crippen molar-refractivity contribution in [3.05, 3.63) is 80.2 Å². The summed E-state index contributed by atoms with van der Waals surface area (Å²) in [7, 11) is 0. The van der Waals surface area contributed by atoms with E-state index >= 15 is 0 Å². The third kappa shape index (κ3) is 4.60. The molecule has 4 nitrogen and oxygen atoms in total. The fourth-order valence-corrected chi connectivity index (χ4v) is 3.17. The maximum absolute atomic E-state index is 13.7. The highest BCUT2D eigenvalue weighted by molar-refractivity contribution is 6.40. The monoisotopic (exact) mass is 467 g/mol. The van der Waals surface area contributed by atoms with E-state index in [1.54, 1.807) is 5.32 Å². The molecule has 1 aromatic heterocycles. The minimum atomic E-state index is -1.75. The van der Waals surface area contributed by atoms with Crippen molar-refractivity contribution in [2.24, 2.45) is 0 Å². The van der Waals surface area contributed by atoms with Crippen LogP contribution in [0.25, 0.3) is 0 Å². The first kappa shape index (κ1) is 21.3. The van der Waals surface area contributed by atoms with Gasteiger partial charge in [0.05, 0.1) is 10.0 Å². The Morgan fingerprint density at radius 1 is 0.966 bits per heavy atom. The highest BCUT2D eigenvalue weighted by Gasteiger charge is 2.22. The summed E-state index contributed by atoms with van der Waals surface area (Å²) < 4.78 is 64.4. The molecule has 0 saturated carbocycles. The van der Waals surface area contributed by atoms with E-state index in [4.69, 9.17) is 44.0 Å². The van der Waals surface area contributed by atoms with Crippen LogP contribution in [0.1, 0.15) is 16.3 Å². The van der Waals surface area contributed by atoms with Crippen LogP contribution >= 0.6 is 34.8 Å². The third-order valence-electron chi connectivity index (χ3n) is 3.56. The van der Waals surface area contributed by atoms with Gasteiger partial charge in [-0.1, -0.05) is 34.8 Å². The van der Waals surface area contributed by atoms with Gasteiger partial charge >= 0.3 is 0 Å². The molecule has 1 heterocycles. The Labute approximate surface area is 175 Å². The highest BCUT2D eigenvalue weighted by Crippen LogP contribution is 2.36. The van der Waals surface area contributed by atoms with Crippen LogP contribution in [-0.2, 0) is 6.61 Å². The Morgan fingerprint density at radius 2 is 1.55 bits per heavy atom. The molecule has 3 aromatic rings. The van der Waals surface area contributed by atoms with Crippen molar-refractivity contribution in [3.8, 4) is 5.75 Å². The number of ether oxygens (including phenoxy) is 1.